The number of pyridine rings is 2. The molecule has 7 aromatic rings. The number of hydrogen-bond donors (Lipinski definition) is 0. The van der Waals surface area contributed by atoms with E-state index >= 15 is 0 Å². The second kappa shape index (κ2) is 13.1. The fourth-order valence-electron chi connectivity index (χ4n) is 4.67. The van der Waals surface area contributed by atoms with E-state index in [1.807, 2.05) is 62.4 Å². The quantitative estimate of drug-likeness (QED) is 0.131. The monoisotopic (exact) mass is 598 g/mol. The Bertz CT molecular complexity index is 2120. The van der Waals surface area contributed by atoms with E-state index in [1.54, 1.807) is 53.2 Å². The standard InChI is InChI=1S/C33H21FN6O3.C2H6/c34-33-26(10-5-16-36-33)32(41)22-8-4-9-23(18-22)43-24-11-12-25-28(19-24)35-17-15-29(25)42-20-31-38-37-30-14-13-27(39-40(30)31)21-6-2-1-3-7-21;1-2/h1-19H,20H2;1-2H3. The molecule has 0 radical (unpaired) electrons. The van der Waals surface area contributed by atoms with Crippen molar-refractivity contribution in [2.24, 2.45) is 0 Å². The first-order chi connectivity index (χ1) is 22.1. The van der Waals surface area contributed by atoms with Crippen LogP contribution >= 0.6 is 0 Å². The average Bonchev–Trinajstić information content (AvgIpc) is 3.50. The Morgan fingerprint density at radius 3 is 2.49 bits per heavy atom. The summed E-state index contributed by atoms with van der Waals surface area (Å²) in [7, 11) is 0. The summed E-state index contributed by atoms with van der Waals surface area (Å²) in [6.45, 7) is 4.14. The van der Waals surface area contributed by atoms with Gasteiger partial charge in [-0.2, -0.15) is 14.0 Å². The van der Waals surface area contributed by atoms with Crippen LogP contribution in [0.3, 0.4) is 0 Å². The highest BCUT2D eigenvalue weighted by molar-refractivity contribution is 6.09. The summed E-state index contributed by atoms with van der Waals surface area (Å²) < 4.78 is 27.9. The smallest absolute Gasteiger partial charge is 0.224 e. The minimum Gasteiger partial charge on any atom is -0.485 e. The van der Waals surface area contributed by atoms with Gasteiger partial charge in [0.15, 0.2) is 17.3 Å². The third-order valence-electron chi connectivity index (χ3n) is 6.76. The van der Waals surface area contributed by atoms with Crippen LogP contribution in [0.4, 0.5) is 4.39 Å². The number of nitrogens with zero attached hydrogens (tertiary/aromatic N) is 6. The molecule has 4 aromatic heterocycles. The van der Waals surface area contributed by atoms with Crippen LogP contribution in [0.2, 0.25) is 0 Å². The van der Waals surface area contributed by atoms with Crippen molar-refractivity contribution >= 4 is 22.3 Å². The molecule has 0 saturated carbocycles. The largest absolute Gasteiger partial charge is 0.485 e. The predicted octanol–water partition coefficient (Wildman–Crippen LogP) is 7.50. The summed E-state index contributed by atoms with van der Waals surface area (Å²) in [4.78, 5) is 20.8. The van der Waals surface area contributed by atoms with E-state index in [9.17, 15) is 9.18 Å². The van der Waals surface area contributed by atoms with E-state index in [2.05, 4.69) is 20.2 Å². The van der Waals surface area contributed by atoms with Gasteiger partial charge in [0.2, 0.25) is 5.95 Å². The van der Waals surface area contributed by atoms with Gasteiger partial charge in [0.25, 0.3) is 0 Å². The van der Waals surface area contributed by atoms with E-state index in [-0.39, 0.29) is 17.7 Å². The van der Waals surface area contributed by atoms with Crippen molar-refractivity contribution in [3.63, 3.8) is 0 Å². The van der Waals surface area contributed by atoms with Crippen LogP contribution in [0, 0.1) is 5.95 Å². The van der Waals surface area contributed by atoms with Gasteiger partial charge in [-0.1, -0.05) is 56.3 Å². The molecule has 0 aliphatic heterocycles. The zero-order valence-electron chi connectivity index (χ0n) is 24.5. The lowest BCUT2D eigenvalue weighted by atomic mass is 10.0. The lowest BCUT2D eigenvalue weighted by molar-refractivity contribution is 0.103. The molecule has 9 nitrogen and oxygen atoms in total. The molecule has 0 atom stereocenters. The maximum absolute atomic E-state index is 14.0. The van der Waals surface area contributed by atoms with Gasteiger partial charge in [-0.15, -0.1) is 10.2 Å². The molecule has 0 N–H and O–H groups in total. The number of ketones is 1. The summed E-state index contributed by atoms with van der Waals surface area (Å²) in [6.07, 6.45) is 2.95. The molecular formula is C35H27FN6O3. The molecule has 10 heteroatoms. The number of benzene rings is 3. The molecule has 3 aromatic carbocycles. The third kappa shape index (κ3) is 6.21. The fourth-order valence-corrected chi connectivity index (χ4v) is 4.67. The highest BCUT2D eigenvalue weighted by Crippen LogP contribution is 2.31. The van der Waals surface area contributed by atoms with Crippen LogP contribution in [0.1, 0.15) is 35.6 Å². The Hall–Kier alpha value is -6.03. The SMILES string of the molecule is CC.O=C(c1cccc(Oc2ccc3c(OCc4nnc5ccc(-c6ccccc6)nn45)ccnc3c2)c1)c1cccnc1F. The lowest BCUT2D eigenvalue weighted by Gasteiger charge is -2.11. The van der Waals surface area contributed by atoms with Gasteiger partial charge in [-0.05, 0) is 54.6 Å². The van der Waals surface area contributed by atoms with Crippen molar-refractivity contribution < 1.29 is 18.7 Å². The first-order valence-electron chi connectivity index (χ1n) is 14.3. The number of hydrogen-bond acceptors (Lipinski definition) is 8. The number of fused-ring (bicyclic) bond motifs is 2. The van der Waals surface area contributed by atoms with Crippen molar-refractivity contribution in [1.82, 2.24) is 29.8 Å². The topological polar surface area (TPSA) is 104 Å². The van der Waals surface area contributed by atoms with Crippen molar-refractivity contribution in [1.29, 1.82) is 0 Å². The van der Waals surface area contributed by atoms with Gasteiger partial charge < -0.3 is 9.47 Å². The summed E-state index contributed by atoms with van der Waals surface area (Å²) in [6, 6.07) is 30.3. The van der Waals surface area contributed by atoms with Gasteiger partial charge in [0, 0.05) is 35.0 Å². The Morgan fingerprint density at radius 1 is 0.800 bits per heavy atom. The van der Waals surface area contributed by atoms with Gasteiger partial charge in [-0.3, -0.25) is 9.78 Å². The summed E-state index contributed by atoms with van der Waals surface area (Å²) >= 11 is 0. The zero-order chi connectivity index (χ0) is 31.2. The van der Waals surface area contributed by atoms with E-state index in [0.717, 1.165) is 16.6 Å². The minimum absolute atomic E-state index is 0.103. The maximum Gasteiger partial charge on any atom is 0.224 e. The van der Waals surface area contributed by atoms with Crippen LogP contribution in [-0.2, 0) is 6.61 Å². The second-order valence-corrected chi connectivity index (χ2v) is 9.55. The first kappa shape index (κ1) is 29.1. The van der Waals surface area contributed by atoms with Crippen LogP contribution < -0.4 is 9.47 Å². The Labute approximate surface area is 258 Å². The zero-order valence-corrected chi connectivity index (χ0v) is 24.5. The van der Waals surface area contributed by atoms with E-state index in [4.69, 9.17) is 14.6 Å². The van der Waals surface area contributed by atoms with Gasteiger partial charge >= 0.3 is 0 Å². The van der Waals surface area contributed by atoms with Crippen LogP contribution in [-0.4, -0.2) is 35.6 Å². The second-order valence-electron chi connectivity index (χ2n) is 9.55. The van der Waals surface area contributed by atoms with Crippen molar-refractivity contribution in [2.75, 3.05) is 0 Å². The van der Waals surface area contributed by atoms with Gasteiger partial charge in [0.1, 0.15) is 23.9 Å². The number of ether oxygens (including phenoxy) is 2. The maximum atomic E-state index is 14.0. The Balaban J connectivity index is 0.00000175. The number of carbonyl (C=O) groups is 1. The molecule has 0 aliphatic carbocycles. The molecule has 222 valence electrons. The van der Waals surface area contributed by atoms with E-state index < -0.39 is 11.7 Å². The molecule has 0 aliphatic rings. The fraction of sp³-hybridized carbons (Fsp3) is 0.0857. The van der Waals surface area contributed by atoms with Crippen molar-refractivity contribution in [3.8, 4) is 28.5 Å². The highest BCUT2D eigenvalue weighted by atomic mass is 19.1. The van der Waals surface area contributed by atoms with Crippen LogP contribution in [0.25, 0.3) is 27.8 Å². The molecule has 0 saturated heterocycles. The number of halogens is 1. The number of rotatable bonds is 8. The van der Waals surface area contributed by atoms with Crippen molar-refractivity contribution in [2.45, 2.75) is 20.5 Å². The summed E-state index contributed by atoms with van der Waals surface area (Å²) in [5, 5.41) is 14.0. The molecule has 0 bridgehead atoms. The lowest BCUT2D eigenvalue weighted by Crippen LogP contribution is -2.05. The average molecular weight is 599 g/mol. The predicted molar refractivity (Wildman–Crippen MR) is 168 cm³/mol. The van der Waals surface area contributed by atoms with E-state index in [0.29, 0.717) is 34.2 Å². The van der Waals surface area contributed by atoms with Crippen LogP contribution in [0.5, 0.6) is 17.2 Å². The first-order valence-corrected chi connectivity index (χ1v) is 14.3. The number of aromatic nitrogens is 6. The Morgan fingerprint density at radius 2 is 1.64 bits per heavy atom. The van der Waals surface area contributed by atoms with Crippen molar-refractivity contribution in [3.05, 3.63) is 138 Å². The molecule has 0 amide bonds. The Kier molecular flexibility index (Phi) is 8.45. The summed E-state index contributed by atoms with van der Waals surface area (Å²) in [5.41, 5.74) is 3.24. The van der Waals surface area contributed by atoms with E-state index in [1.165, 1.54) is 18.3 Å². The minimum atomic E-state index is -0.817. The van der Waals surface area contributed by atoms with Gasteiger partial charge in [-0.25, -0.2) is 4.98 Å². The number of carbonyl (C=O) groups excluding carboxylic acids is 1. The summed E-state index contributed by atoms with van der Waals surface area (Å²) in [5.74, 6) is 0.795. The normalized spacial score (nSPS) is 10.7. The van der Waals surface area contributed by atoms with Gasteiger partial charge in [0.05, 0.1) is 16.8 Å². The molecular weight excluding hydrogens is 571 g/mol. The third-order valence-corrected chi connectivity index (χ3v) is 6.76. The molecule has 45 heavy (non-hydrogen) atoms. The molecule has 0 spiro atoms. The molecule has 4 heterocycles. The molecule has 0 fully saturated rings. The van der Waals surface area contributed by atoms with Crippen LogP contribution in [0.15, 0.2) is 116 Å². The highest BCUT2D eigenvalue weighted by Gasteiger charge is 2.16. The molecule has 7 rings (SSSR count). The molecule has 0 unspecified atom stereocenters.